The number of likely N-dealkylation sites (N-methyl/N-ethyl adjacent to an activating group) is 1. The number of carbonyl (C=O) groups excluding carboxylic acids is 2. The standard InChI is InChI=1S/C22H30N4O2S/c1-25(2)20(19-10-13-29-16-19)15-24-22(28)23-14-17-6-8-18(9-7-17)21(27)26-11-4-3-5-12-26/h6-10,13,16,20H,3-5,11-12,14-15H2,1-2H3,(H2,23,24,28)/t20-/m0/s1. The minimum Gasteiger partial charge on any atom is -0.339 e. The van der Waals surface area contributed by atoms with Crippen LogP contribution in [0.25, 0.3) is 0 Å². The van der Waals surface area contributed by atoms with E-state index in [2.05, 4.69) is 27.0 Å². The molecule has 0 spiro atoms. The van der Waals surface area contributed by atoms with Gasteiger partial charge < -0.3 is 20.4 Å². The lowest BCUT2D eigenvalue weighted by Crippen LogP contribution is -2.40. The van der Waals surface area contributed by atoms with Crippen molar-refractivity contribution in [1.29, 1.82) is 0 Å². The van der Waals surface area contributed by atoms with E-state index in [9.17, 15) is 9.59 Å². The van der Waals surface area contributed by atoms with Crippen LogP contribution in [0.5, 0.6) is 0 Å². The maximum atomic E-state index is 12.5. The topological polar surface area (TPSA) is 64.7 Å². The molecule has 0 radical (unpaired) electrons. The summed E-state index contributed by atoms with van der Waals surface area (Å²) in [4.78, 5) is 28.7. The van der Waals surface area contributed by atoms with E-state index in [-0.39, 0.29) is 18.0 Å². The fourth-order valence-electron chi connectivity index (χ4n) is 3.54. The molecular weight excluding hydrogens is 384 g/mol. The molecule has 1 atom stereocenters. The molecule has 3 amide bonds. The van der Waals surface area contributed by atoms with Gasteiger partial charge in [0.25, 0.3) is 5.91 Å². The SMILES string of the molecule is CN(C)[C@@H](CNC(=O)NCc1ccc(C(=O)N2CCCCC2)cc1)c1ccsc1. The van der Waals surface area contributed by atoms with Crippen molar-refractivity contribution in [2.24, 2.45) is 0 Å². The first-order valence-corrected chi connectivity index (χ1v) is 11.1. The van der Waals surface area contributed by atoms with Gasteiger partial charge in [-0.2, -0.15) is 11.3 Å². The Kier molecular flexibility index (Phi) is 7.66. The van der Waals surface area contributed by atoms with E-state index >= 15 is 0 Å². The Hall–Kier alpha value is -2.38. The summed E-state index contributed by atoms with van der Waals surface area (Å²) in [5, 5.41) is 9.99. The highest BCUT2D eigenvalue weighted by atomic mass is 32.1. The van der Waals surface area contributed by atoms with Crippen LogP contribution in [0.4, 0.5) is 4.79 Å². The van der Waals surface area contributed by atoms with E-state index in [0.29, 0.717) is 18.7 Å². The number of nitrogens with zero attached hydrogens (tertiary/aromatic N) is 2. The van der Waals surface area contributed by atoms with Crippen molar-refractivity contribution in [2.75, 3.05) is 33.7 Å². The summed E-state index contributed by atoms with van der Waals surface area (Å²) < 4.78 is 0. The Morgan fingerprint density at radius 3 is 2.41 bits per heavy atom. The molecule has 0 aliphatic carbocycles. The highest BCUT2D eigenvalue weighted by Crippen LogP contribution is 2.20. The molecule has 6 nitrogen and oxygen atoms in total. The summed E-state index contributed by atoms with van der Waals surface area (Å²) in [6.07, 6.45) is 3.38. The summed E-state index contributed by atoms with van der Waals surface area (Å²) in [6.45, 7) is 2.66. The monoisotopic (exact) mass is 414 g/mol. The van der Waals surface area contributed by atoms with Crippen LogP contribution in [-0.4, -0.2) is 55.5 Å². The minimum absolute atomic E-state index is 0.102. The first-order valence-electron chi connectivity index (χ1n) is 10.1. The van der Waals surface area contributed by atoms with Crippen LogP contribution in [-0.2, 0) is 6.54 Å². The van der Waals surface area contributed by atoms with Gasteiger partial charge in [0.15, 0.2) is 0 Å². The van der Waals surface area contributed by atoms with Crippen LogP contribution in [0.1, 0.15) is 46.8 Å². The van der Waals surface area contributed by atoms with Crippen molar-refractivity contribution in [3.05, 3.63) is 57.8 Å². The van der Waals surface area contributed by atoms with E-state index in [4.69, 9.17) is 0 Å². The molecular formula is C22H30N4O2S. The van der Waals surface area contributed by atoms with Gasteiger partial charge in [-0.1, -0.05) is 12.1 Å². The normalized spacial score (nSPS) is 15.2. The zero-order valence-electron chi connectivity index (χ0n) is 17.2. The van der Waals surface area contributed by atoms with Crippen LogP contribution >= 0.6 is 11.3 Å². The van der Waals surface area contributed by atoms with Crippen molar-refractivity contribution < 1.29 is 9.59 Å². The number of thiophene rings is 1. The zero-order chi connectivity index (χ0) is 20.6. The Morgan fingerprint density at radius 2 is 1.79 bits per heavy atom. The molecule has 2 heterocycles. The Labute approximate surface area is 176 Å². The summed E-state index contributed by atoms with van der Waals surface area (Å²) in [6, 6.07) is 9.56. The van der Waals surface area contributed by atoms with Crippen LogP contribution in [0.2, 0.25) is 0 Å². The molecule has 1 aliphatic heterocycles. The van der Waals surface area contributed by atoms with E-state index in [0.717, 1.165) is 31.5 Å². The molecule has 2 aromatic rings. The average molecular weight is 415 g/mol. The molecule has 1 aliphatic rings. The Bertz CT molecular complexity index is 784. The maximum absolute atomic E-state index is 12.5. The minimum atomic E-state index is -0.194. The van der Waals surface area contributed by atoms with E-state index in [1.54, 1.807) is 11.3 Å². The molecule has 156 valence electrons. The number of nitrogens with one attached hydrogen (secondary N) is 2. The first-order chi connectivity index (χ1) is 14.0. The number of urea groups is 1. The Morgan fingerprint density at radius 1 is 1.07 bits per heavy atom. The van der Waals surface area contributed by atoms with Gasteiger partial charge >= 0.3 is 6.03 Å². The number of amides is 3. The van der Waals surface area contributed by atoms with E-state index < -0.39 is 0 Å². The number of piperidine rings is 1. The van der Waals surface area contributed by atoms with Crippen LogP contribution < -0.4 is 10.6 Å². The second kappa shape index (κ2) is 10.4. The summed E-state index contributed by atoms with van der Waals surface area (Å²) >= 11 is 1.66. The van der Waals surface area contributed by atoms with Gasteiger partial charge in [-0.15, -0.1) is 0 Å². The summed E-state index contributed by atoms with van der Waals surface area (Å²) in [5.41, 5.74) is 2.89. The fraction of sp³-hybridized carbons (Fsp3) is 0.455. The lowest BCUT2D eigenvalue weighted by atomic mass is 10.1. The highest BCUT2D eigenvalue weighted by Gasteiger charge is 2.18. The average Bonchev–Trinajstić information content (AvgIpc) is 3.27. The molecule has 0 unspecified atom stereocenters. The summed E-state index contributed by atoms with van der Waals surface area (Å²) in [7, 11) is 4.02. The molecule has 0 bridgehead atoms. The third-order valence-corrected chi connectivity index (χ3v) is 6.01. The van der Waals surface area contributed by atoms with E-state index in [1.165, 1.54) is 12.0 Å². The number of likely N-dealkylation sites (tertiary alicyclic amines) is 1. The predicted molar refractivity (Wildman–Crippen MR) is 117 cm³/mol. The van der Waals surface area contributed by atoms with Crippen molar-refractivity contribution in [3.63, 3.8) is 0 Å². The molecule has 7 heteroatoms. The second-order valence-corrected chi connectivity index (χ2v) is 8.43. The molecule has 1 fully saturated rings. The number of carbonyl (C=O) groups is 2. The van der Waals surface area contributed by atoms with Gasteiger partial charge in [-0.25, -0.2) is 4.79 Å². The zero-order valence-corrected chi connectivity index (χ0v) is 18.0. The maximum Gasteiger partial charge on any atom is 0.315 e. The number of hydrogen-bond acceptors (Lipinski definition) is 4. The van der Waals surface area contributed by atoms with Crippen LogP contribution in [0.15, 0.2) is 41.1 Å². The van der Waals surface area contributed by atoms with Gasteiger partial charge in [-0.05, 0) is 73.4 Å². The van der Waals surface area contributed by atoms with Crippen molar-refractivity contribution in [2.45, 2.75) is 31.8 Å². The van der Waals surface area contributed by atoms with Gasteiger partial charge in [0, 0.05) is 31.7 Å². The third kappa shape index (κ3) is 6.05. The highest BCUT2D eigenvalue weighted by molar-refractivity contribution is 7.07. The lowest BCUT2D eigenvalue weighted by molar-refractivity contribution is 0.0724. The number of hydrogen-bond donors (Lipinski definition) is 2. The second-order valence-electron chi connectivity index (χ2n) is 7.65. The Balaban J connectivity index is 1.45. The molecule has 1 aromatic heterocycles. The predicted octanol–water partition coefficient (Wildman–Crippen LogP) is 3.48. The van der Waals surface area contributed by atoms with Crippen molar-refractivity contribution in [1.82, 2.24) is 20.4 Å². The van der Waals surface area contributed by atoms with Gasteiger partial charge in [0.05, 0.1) is 6.04 Å². The molecule has 2 N–H and O–H groups in total. The quantitative estimate of drug-likeness (QED) is 0.729. The smallest absolute Gasteiger partial charge is 0.315 e. The van der Waals surface area contributed by atoms with Gasteiger partial charge in [0.1, 0.15) is 0 Å². The fourth-order valence-corrected chi connectivity index (χ4v) is 4.25. The molecule has 29 heavy (non-hydrogen) atoms. The molecule has 1 aromatic carbocycles. The molecule has 3 rings (SSSR count). The van der Waals surface area contributed by atoms with Crippen molar-refractivity contribution >= 4 is 23.3 Å². The number of benzene rings is 1. The van der Waals surface area contributed by atoms with Crippen molar-refractivity contribution in [3.8, 4) is 0 Å². The lowest BCUT2D eigenvalue weighted by Gasteiger charge is -2.26. The van der Waals surface area contributed by atoms with Gasteiger partial charge in [-0.3, -0.25) is 4.79 Å². The van der Waals surface area contributed by atoms with Crippen LogP contribution in [0.3, 0.4) is 0 Å². The number of rotatable bonds is 7. The van der Waals surface area contributed by atoms with Crippen LogP contribution in [0, 0.1) is 0 Å². The summed E-state index contributed by atoms with van der Waals surface area (Å²) in [5.74, 6) is 0.102. The first kappa shape index (κ1) is 21.3. The molecule has 0 saturated carbocycles. The molecule has 1 saturated heterocycles. The van der Waals surface area contributed by atoms with Gasteiger partial charge in [0.2, 0.25) is 0 Å². The third-order valence-electron chi connectivity index (χ3n) is 5.30. The van der Waals surface area contributed by atoms with E-state index in [1.807, 2.05) is 48.6 Å². The largest absolute Gasteiger partial charge is 0.339 e.